The number of aryl methyl sites for hydroxylation is 5. The maximum Gasteiger partial charge on any atom is 0.271 e. The first-order valence-corrected chi connectivity index (χ1v) is 9.03. The number of carbonyl (C=O) groups is 1. The summed E-state index contributed by atoms with van der Waals surface area (Å²) in [4.78, 5) is 27.6. The molecule has 8 nitrogen and oxygen atoms in total. The first kappa shape index (κ1) is 19.5. The molecule has 0 atom stereocenters. The molecule has 0 radical (unpaired) electrons. The Morgan fingerprint density at radius 3 is 2.61 bits per heavy atom. The molecule has 2 heterocycles. The fraction of sp³-hybridized carbons (Fsp3) is 0.350. The van der Waals surface area contributed by atoms with E-state index in [9.17, 15) is 14.9 Å². The zero-order valence-electron chi connectivity index (χ0n) is 16.7. The highest BCUT2D eigenvalue weighted by Crippen LogP contribution is 2.26. The molecule has 3 aromatic rings. The Kier molecular flexibility index (Phi) is 5.13. The summed E-state index contributed by atoms with van der Waals surface area (Å²) in [5, 5.41) is 19.2. The fourth-order valence-electron chi connectivity index (χ4n) is 3.54. The van der Waals surface area contributed by atoms with Gasteiger partial charge in [0, 0.05) is 36.7 Å². The standard InChI is InChI=1S/C20H23N5O3/c1-11-6-7-15(25(27)28)10-17(11)22-18(26)9-8-16-12(2)19-14(4)23-24(5)20(19)21-13(16)3/h6-7,10H,8-9H2,1-5H3,(H,22,26). The number of fused-ring (bicyclic) bond motifs is 1. The minimum atomic E-state index is -0.473. The van der Waals surface area contributed by atoms with E-state index in [0.717, 1.165) is 39.1 Å². The molecule has 3 rings (SSSR count). The van der Waals surface area contributed by atoms with E-state index in [0.29, 0.717) is 12.1 Å². The number of rotatable bonds is 5. The summed E-state index contributed by atoms with van der Waals surface area (Å²) < 4.78 is 1.77. The molecule has 0 bridgehead atoms. The van der Waals surface area contributed by atoms with Crippen LogP contribution in [0.4, 0.5) is 11.4 Å². The SMILES string of the molecule is Cc1ccc([N+](=O)[O-])cc1NC(=O)CCc1c(C)nc2c(c(C)nn2C)c1C. The molecule has 1 amide bonds. The van der Waals surface area contributed by atoms with Gasteiger partial charge in [-0.05, 0) is 50.8 Å². The van der Waals surface area contributed by atoms with Crippen LogP contribution in [0, 0.1) is 37.8 Å². The molecule has 146 valence electrons. The van der Waals surface area contributed by atoms with E-state index in [1.54, 1.807) is 17.7 Å². The van der Waals surface area contributed by atoms with Crippen molar-refractivity contribution in [2.45, 2.75) is 40.5 Å². The third-order valence-electron chi connectivity index (χ3n) is 5.04. The summed E-state index contributed by atoms with van der Waals surface area (Å²) in [7, 11) is 1.87. The number of hydrogen-bond donors (Lipinski definition) is 1. The zero-order valence-corrected chi connectivity index (χ0v) is 16.7. The third-order valence-corrected chi connectivity index (χ3v) is 5.04. The van der Waals surface area contributed by atoms with Gasteiger partial charge in [0.1, 0.15) is 0 Å². The van der Waals surface area contributed by atoms with Crippen molar-refractivity contribution in [2.24, 2.45) is 7.05 Å². The molecule has 0 saturated heterocycles. The molecule has 0 aliphatic rings. The van der Waals surface area contributed by atoms with Crippen LogP contribution in [0.15, 0.2) is 18.2 Å². The number of amides is 1. The molecule has 0 aliphatic carbocycles. The van der Waals surface area contributed by atoms with Crippen LogP contribution in [0.1, 0.15) is 34.5 Å². The number of carbonyl (C=O) groups excluding carboxylic acids is 1. The summed E-state index contributed by atoms with van der Waals surface area (Å²) in [6, 6.07) is 4.44. The second-order valence-electron chi connectivity index (χ2n) is 7.01. The first-order chi connectivity index (χ1) is 13.2. The summed E-state index contributed by atoms with van der Waals surface area (Å²) in [5.41, 5.74) is 5.96. The summed E-state index contributed by atoms with van der Waals surface area (Å²) in [5.74, 6) is -0.189. The molecule has 1 aromatic carbocycles. The molecule has 0 unspecified atom stereocenters. The van der Waals surface area contributed by atoms with Gasteiger partial charge in [-0.1, -0.05) is 6.07 Å². The number of hydrogen-bond acceptors (Lipinski definition) is 5. The van der Waals surface area contributed by atoms with Gasteiger partial charge in [0.15, 0.2) is 5.65 Å². The molecule has 0 fully saturated rings. The van der Waals surface area contributed by atoms with Gasteiger partial charge in [0.05, 0.1) is 16.3 Å². The number of anilines is 1. The summed E-state index contributed by atoms with van der Waals surface area (Å²) in [6.45, 7) is 7.72. The second kappa shape index (κ2) is 7.38. The Morgan fingerprint density at radius 1 is 1.21 bits per heavy atom. The molecule has 2 aromatic heterocycles. The van der Waals surface area contributed by atoms with Crippen molar-refractivity contribution < 1.29 is 9.72 Å². The molecular formula is C20H23N5O3. The Balaban J connectivity index is 1.79. The monoisotopic (exact) mass is 381 g/mol. The third kappa shape index (κ3) is 3.58. The number of pyridine rings is 1. The Bertz CT molecular complexity index is 1100. The number of nitro groups is 1. The molecule has 0 aliphatic heterocycles. The van der Waals surface area contributed by atoms with Gasteiger partial charge in [-0.2, -0.15) is 5.10 Å². The zero-order chi connectivity index (χ0) is 20.6. The van der Waals surface area contributed by atoms with E-state index in [2.05, 4.69) is 15.4 Å². The van der Waals surface area contributed by atoms with Crippen LogP contribution >= 0.6 is 0 Å². The molecule has 8 heteroatoms. The Labute approximate surface area is 162 Å². The Morgan fingerprint density at radius 2 is 1.93 bits per heavy atom. The highest BCUT2D eigenvalue weighted by molar-refractivity contribution is 5.92. The Hall–Kier alpha value is -3.29. The van der Waals surface area contributed by atoms with Gasteiger partial charge >= 0.3 is 0 Å². The number of aromatic nitrogens is 3. The summed E-state index contributed by atoms with van der Waals surface area (Å²) in [6.07, 6.45) is 0.797. The summed E-state index contributed by atoms with van der Waals surface area (Å²) >= 11 is 0. The number of nitrogens with one attached hydrogen (secondary N) is 1. The predicted octanol–water partition coefficient (Wildman–Crippen LogP) is 3.68. The van der Waals surface area contributed by atoms with Crippen molar-refractivity contribution in [3.8, 4) is 0 Å². The van der Waals surface area contributed by atoms with Crippen LogP contribution in [0.3, 0.4) is 0 Å². The van der Waals surface area contributed by atoms with E-state index < -0.39 is 4.92 Å². The van der Waals surface area contributed by atoms with Crippen molar-refractivity contribution in [3.05, 3.63) is 56.4 Å². The van der Waals surface area contributed by atoms with E-state index >= 15 is 0 Å². The highest BCUT2D eigenvalue weighted by atomic mass is 16.6. The van der Waals surface area contributed by atoms with Gasteiger partial charge in [-0.15, -0.1) is 0 Å². The van der Waals surface area contributed by atoms with Crippen LogP contribution in [0.25, 0.3) is 11.0 Å². The van der Waals surface area contributed by atoms with Gasteiger partial charge in [0.25, 0.3) is 5.69 Å². The van der Waals surface area contributed by atoms with Crippen molar-refractivity contribution in [3.63, 3.8) is 0 Å². The molecule has 0 spiro atoms. The fourth-order valence-corrected chi connectivity index (χ4v) is 3.54. The van der Waals surface area contributed by atoms with Crippen molar-refractivity contribution >= 4 is 28.3 Å². The maximum atomic E-state index is 12.5. The lowest BCUT2D eigenvalue weighted by Gasteiger charge is -2.12. The lowest BCUT2D eigenvalue weighted by molar-refractivity contribution is -0.384. The molecule has 1 N–H and O–H groups in total. The van der Waals surface area contributed by atoms with Crippen molar-refractivity contribution in [2.75, 3.05) is 5.32 Å². The van der Waals surface area contributed by atoms with Gasteiger partial charge in [-0.25, -0.2) is 4.98 Å². The van der Waals surface area contributed by atoms with Gasteiger partial charge in [-0.3, -0.25) is 19.6 Å². The smallest absolute Gasteiger partial charge is 0.271 e. The number of nitrogens with zero attached hydrogens (tertiary/aromatic N) is 4. The average Bonchev–Trinajstić information content (AvgIpc) is 2.90. The number of benzene rings is 1. The van der Waals surface area contributed by atoms with Crippen LogP contribution in [0.2, 0.25) is 0 Å². The minimum absolute atomic E-state index is 0.0470. The lowest BCUT2D eigenvalue weighted by atomic mass is 9.99. The maximum absolute atomic E-state index is 12.5. The van der Waals surface area contributed by atoms with Crippen LogP contribution in [-0.2, 0) is 18.3 Å². The minimum Gasteiger partial charge on any atom is -0.326 e. The average molecular weight is 381 g/mol. The predicted molar refractivity (Wildman–Crippen MR) is 108 cm³/mol. The van der Waals surface area contributed by atoms with Crippen LogP contribution in [-0.4, -0.2) is 25.6 Å². The van der Waals surface area contributed by atoms with Crippen LogP contribution < -0.4 is 5.32 Å². The van der Waals surface area contributed by atoms with Gasteiger partial charge < -0.3 is 5.32 Å². The number of nitro benzene ring substituents is 1. The molecule has 28 heavy (non-hydrogen) atoms. The topological polar surface area (TPSA) is 103 Å². The second-order valence-corrected chi connectivity index (χ2v) is 7.01. The normalized spacial score (nSPS) is 11.0. The van der Waals surface area contributed by atoms with E-state index in [-0.39, 0.29) is 18.0 Å². The van der Waals surface area contributed by atoms with E-state index in [1.165, 1.54) is 12.1 Å². The van der Waals surface area contributed by atoms with Gasteiger partial charge in [0.2, 0.25) is 5.91 Å². The van der Waals surface area contributed by atoms with E-state index in [4.69, 9.17) is 0 Å². The largest absolute Gasteiger partial charge is 0.326 e. The quantitative estimate of drug-likeness (QED) is 0.536. The highest BCUT2D eigenvalue weighted by Gasteiger charge is 2.17. The van der Waals surface area contributed by atoms with Crippen LogP contribution in [0.5, 0.6) is 0 Å². The molecule has 0 saturated carbocycles. The molecular weight excluding hydrogens is 358 g/mol. The van der Waals surface area contributed by atoms with Crippen molar-refractivity contribution in [1.29, 1.82) is 0 Å². The lowest BCUT2D eigenvalue weighted by Crippen LogP contribution is -2.14. The van der Waals surface area contributed by atoms with Crippen molar-refractivity contribution in [1.82, 2.24) is 14.8 Å². The van der Waals surface area contributed by atoms with E-state index in [1.807, 2.05) is 27.8 Å². The number of non-ortho nitro benzene ring substituents is 1. The first-order valence-electron chi connectivity index (χ1n) is 9.03.